The summed E-state index contributed by atoms with van der Waals surface area (Å²) < 4.78 is 80.9. The van der Waals surface area contributed by atoms with E-state index in [1.54, 1.807) is 13.0 Å². The van der Waals surface area contributed by atoms with Crippen molar-refractivity contribution >= 4 is 0 Å². The van der Waals surface area contributed by atoms with E-state index in [1.165, 1.54) is 6.07 Å². The molecule has 4 nitrogen and oxygen atoms in total. The van der Waals surface area contributed by atoms with Gasteiger partial charge in [-0.2, -0.15) is 26.3 Å². The topological polar surface area (TPSA) is 72.7 Å². The summed E-state index contributed by atoms with van der Waals surface area (Å²) in [5.74, 6) is 0. The number of nitrogens with one attached hydrogen (secondary N) is 1. The van der Waals surface area contributed by atoms with Crippen molar-refractivity contribution < 1.29 is 41.7 Å². The fourth-order valence-corrected chi connectivity index (χ4v) is 4.90. The molecule has 0 aliphatic heterocycles. The molecule has 0 heterocycles. The number of halogens is 6. The predicted octanol–water partition coefficient (Wildman–Crippen LogP) is 6.63. The maximum Gasteiger partial charge on any atom is 0.430 e. The van der Waals surface area contributed by atoms with Crippen LogP contribution in [0.1, 0.15) is 58.7 Å². The van der Waals surface area contributed by atoms with Gasteiger partial charge in [0.05, 0.1) is 13.2 Å². The van der Waals surface area contributed by atoms with Crippen molar-refractivity contribution in [2.45, 2.75) is 77.2 Å². The van der Waals surface area contributed by atoms with Crippen molar-refractivity contribution in [3.8, 4) is 11.1 Å². The molecule has 0 bridgehead atoms. The van der Waals surface area contributed by atoms with Crippen molar-refractivity contribution in [3.05, 3.63) is 93.5 Å². The normalized spacial score (nSPS) is 12.7. The Kier molecular flexibility index (Phi) is 10.6. The van der Waals surface area contributed by atoms with Crippen molar-refractivity contribution in [1.29, 1.82) is 0 Å². The third-order valence-corrected chi connectivity index (χ3v) is 7.21. The zero-order valence-corrected chi connectivity index (χ0v) is 23.0. The van der Waals surface area contributed by atoms with Crippen molar-refractivity contribution in [2.75, 3.05) is 6.54 Å². The maximum absolute atomic E-state index is 13.5. The van der Waals surface area contributed by atoms with Gasteiger partial charge >= 0.3 is 12.4 Å². The Bertz CT molecular complexity index is 1310. The van der Waals surface area contributed by atoms with Crippen LogP contribution in [0.5, 0.6) is 0 Å². The molecule has 41 heavy (non-hydrogen) atoms. The van der Waals surface area contributed by atoms with Crippen LogP contribution in [0, 0.1) is 6.92 Å². The monoisotopic (exact) mass is 583 g/mol. The predicted molar refractivity (Wildman–Crippen MR) is 145 cm³/mol. The van der Waals surface area contributed by atoms with Gasteiger partial charge in [-0.3, -0.25) is 0 Å². The van der Waals surface area contributed by atoms with E-state index in [0.717, 1.165) is 29.2 Å². The standard InChI is InChI=1S/C31H35F6NO3/c1-3-5-23-16-26(29(41,30(32,33)34)31(35,36)37)11-12-27(23)28-15-21(8-7-20(28)2)6-4-13-38-17-22-9-10-24(18-39)25(14-22)19-40/h7-12,14-16,38-41H,3-6,13,17-19H2,1-2H3. The Hall–Kier alpha value is -2.92. The fraction of sp³-hybridized carbons (Fsp3) is 0.419. The van der Waals surface area contributed by atoms with E-state index in [2.05, 4.69) is 5.32 Å². The molecular weight excluding hydrogens is 548 g/mol. The van der Waals surface area contributed by atoms with Gasteiger partial charge in [-0.05, 0) is 77.2 Å². The highest BCUT2D eigenvalue weighted by Gasteiger charge is 2.71. The third-order valence-electron chi connectivity index (χ3n) is 7.21. The lowest BCUT2D eigenvalue weighted by atomic mass is 9.85. The molecule has 0 atom stereocenters. The first kappa shape index (κ1) is 32.6. The summed E-state index contributed by atoms with van der Waals surface area (Å²) in [6.07, 6.45) is -9.70. The Morgan fingerprint density at radius 2 is 1.37 bits per heavy atom. The SMILES string of the molecule is CCCc1cc(C(O)(C(F)(F)F)C(F)(F)F)ccc1-c1cc(CCCNCc2ccc(CO)c(CO)c2)ccc1C. The molecule has 3 aromatic rings. The van der Waals surface area contributed by atoms with Crippen LogP contribution < -0.4 is 5.32 Å². The summed E-state index contributed by atoms with van der Waals surface area (Å²) in [4.78, 5) is 0. The van der Waals surface area contributed by atoms with Crippen LogP contribution in [0.15, 0.2) is 54.6 Å². The summed E-state index contributed by atoms with van der Waals surface area (Å²) >= 11 is 0. The van der Waals surface area contributed by atoms with Crippen LogP contribution in [-0.2, 0) is 38.2 Å². The first-order valence-corrected chi connectivity index (χ1v) is 13.4. The van der Waals surface area contributed by atoms with E-state index in [-0.39, 0.29) is 19.6 Å². The van der Waals surface area contributed by atoms with Gasteiger partial charge in [0.15, 0.2) is 0 Å². The van der Waals surface area contributed by atoms with Crippen LogP contribution >= 0.6 is 0 Å². The highest BCUT2D eigenvalue weighted by atomic mass is 19.4. The zero-order valence-electron chi connectivity index (χ0n) is 23.0. The van der Waals surface area contributed by atoms with Gasteiger partial charge < -0.3 is 20.6 Å². The molecule has 0 fully saturated rings. The second-order valence-electron chi connectivity index (χ2n) is 10.2. The van der Waals surface area contributed by atoms with Crippen molar-refractivity contribution in [2.24, 2.45) is 0 Å². The first-order chi connectivity index (χ1) is 19.3. The molecule has 224 valence electrons. The molecule has 0 amide bonds. The van der Waals surface area contributed by atoms with Gasteiger partial charge in [-0.25, -0.2) is 0 Å². The Balaban J connectivity index is 1.78. The van der Waals surface area contributed by atoms with Gasteiger partial charge in [0.25, 0.3) is 5.60 Å². The molecule has 4 N–H and O–H groups in total. The number of aliphatic hydroxyl groups is 3. The Morgan fingerprint density at radius 1 is 0.707 bits per heavy atom. The van der Waals surface area contributed by atoms with Gasteiger partial charge in [-0.15, -0.1) is 0 Å². The van der Waals surface area contributed by atoms with Crippen molar-refractivity contribution in [3.63, 3.8) is 0 Å². The number of benzene rings is 3. The quantitative estimate of drug-likeness (QED) is 0.143. The largest absolute Gasteiger partial charge is 0.430 e. The smallest absolute Gasteiger partial charge is 0.392 e. The lowest BCUT2D eigenvalue weighted by Gasteiger charge is -2.33. The third kappa shape index (κ3) is 7.30. The maximum atomic E-state index is 13.5. The lowest BCUT2D eigenvalue weighted by Crippen LogP contribution is -2.53. The molecular formula is C31H35F6NO3. The van der Waals surface area contributed by atoms with E-state index in [4.69, 9.17) is 0 Å². The molecule has 0 unspecified atom stereocenters. The minimum atomic E-state index is -5.94. The number of aryl methyl sites for hydroxylation is 3. The van der Waals surface area contributed by atoms with E-state index >= 15 is 0 Å². The second-order valence-corrected chi connectivity index (χ2v) is 10.2. The Labute approximate surface area is 235 Å². The highest BCUT2D eigenvalue weighted by molar-refractivity contribution is 5.72. The van der Waals surface area contributed by atoms with Crippen LogP contribution in [0.25, 0.3) is 11.1 Å². The van der Waals surface area contributed by atoms with Gasteiger partial charge in [-0.1, -0.05) is 67.9 Å². The Morgan fingerprint density at radius 3 is 1.98 bits per heavy atom. The zero-order chi connectivity index (χ0) is 30.4. The molecule has 0 aliphatic rings. The van der Waals surface area contributed by atoms with Crippen LogP contribution in [0.3, 0.4) is 0 Å². The summed E-state index contributed by atoms with van der Waals surface area (Å²) in [5, 5.41) is 32.0. The number of aliphatic hydroxyl groups excluding tert-OH is 2. The summed E-state index contributed by atoms with van der Waals surface area (Å²) in [6, 6.07) is 14.0. The van der Waals surface area contributed by atoms with E-state index in [9.17, 15) is 41.7 Å². The van der Waals surface area contributed by atoms with Crippen LogP contribution in [-0.4, -0.2) is 34.2 Å². The van der Waals surface area contributed by atoms with E-state index in [1.807, 2.05) is 37.3 Å². The average molecular weight is 584 g/mol. The summed E-state index contributed by atoms with van der Waals surface area (Å²) in [5.41, 5.74) is -0.546. The van der Waals surface area contributed by atoms with Gasteiger partial charge in [0.2, 0.25) is 0 Å². The lowest BCUT2D eigenvalue weighted by molar-refractivity contribution is -0.376. The van der Waals surface area contributed by atoms with E-state index in [0.29, 0.717) is 59.8 Å². The molecule has 0 spiro atoms. The van der Waals surface area contributed by atoms with E-state index < -0.39 is 23.5 Å². The average Bonchev–Trinajstić information content (AvgIpc) is 2.92. The van der Waals surface area contributed by atoms with Crippen LogP contribution in [0.4, 0.5) is 26.3 Å². The van der Waals surface area contributed by atoms with Gasteiger partial charge in [0, 0.05) is 12.1 Å². The second kappa shape index (κ2) is 13.4. The summed E-state index contributed by atoms with van der Waals surface area (Å²) in [6.45, 7) is 4.56. The fourth-order valence-electron chi connectivity index (χ4n) is 4.90. The highest BCUT2D eigenvalue weighted by Crippen LogP contribution is 2.50. The molecule has 0 aliphatic carbocycles. The molecule has 10 heteroatoms. The number of hydrogen-bond acceptors (Lipinski definition) is 4. The molecule has 0 aromatic heterocycles. The molecule has 0 saturated heterocycles. The van der Waals surface area contributed by atoms with Gasteiger partial charge in [0.1, 0.15) is 0 Å². The van der Waals surface area contributed by atoms with Crippen LogP contribution in [0.2, 0.25) is 0 Å². The number of alkyl halides is 6. The summed E-state index contributed by atoms with van der Waals surface area (Å²) in [7, 11) is 0. The minimum Gasteiger partial charge on any atom is -0.392 e. The van der Waals surface area contributed by atoms with Crippen molar-refractivity contribution in [1.82, 2.24) is 5.32 Å². The molecule has 0 radical (unpaired) electrons. The molecule has 0 saturated carbocycles. The number of hydrogen-bond donors (Lipinski definition) is 4. The molecule has 3 aromatic carbocycles. The first-order valence-electron chi connectivity index (χ1n) is 13.4. The minimum absolute atomic E-state index is 0.143. The molecule has 3 rings (SSSR count). The number of rotatable bonds is 12.